The van der Waals surface area contributed by atoms with Crippen molar-refractivity contribution in [3.05, 3.63) is 200 Å². The van der Waals surface area contributed by atoms with Gasteiger partial charge in [0, 0.05) is 53.8 Å². The van der Waals surface area contributed by atoms with Crippen LogP contribution >= 0.6 is 11.3 Å². The van der Waals surface area contributed by atoms with Gasteiger partial charge in [-0.05, 0) is 76.9 Å². The molecule has 0 aliphatic carbocycles. The Bertz CT molecular complexity index is 3520. The maximum atomic E-state index is 7.00. The predicted octanol–water partition coefficient (Wildman–Crippen LogP) is 16.3. The zero-order valence-corrected chi connectivity index (χ0v) is 32.0. The number of benzene rings is 9. The Labute approximate surface area is 338 Å². The molecule has 0 saturated carbocycles. The largest absolute Gasteiger partial charge is 0.456 e. The minimum Gasteiger partial charge on any atom is -0.456 e. The quantitative estimate of drug-likeness (QED) is 0.169. The topological polar surface area (TPSA) is 29.5 Å². The molecular formula is C54H33NO2S. The van der Waals surface area contributed by atoms with Gasteiger partial charge in [-0.15, -0.1) is 11.3 Å². The van der Waals surface area contributed by atoms with E-state index in [2.05, 4.69) is 193 Å². The van der Waals surface area contributed by atoms with Gasteiger partial charge >= 0.3 is 0 Å². The Morgan fingerprint density at radius 2 is 1.03 bits per heavy atom. The molecule has 12 rings (SSSR count). The molecule has 3 nitrogen and oxygen atoms in total. The first-order chi connectivity index (χ1) is 28.8. The average molecular weight is 760 g/mol. The summed E-state index contributed by atoms with van der Waals surface area (Å²) < 4.78 is 16.2. The van der Waals surface area contributed by atoms with Crippen molar-refractivity contribution in [2.45, 2.75) is 0 Å². The van der Waals surface area contributed by atoms with Crippen molar-refractivity contribution < 1.29 is 8.83 Å². The zero-order valence-electron chi connectivity index (χ0n) is 31.2. The van der Waals surface area contributed by atoms with E-state index >= 15 is 0 Å². The van der Waals surface area contributed by atoms with E-state index in [1.807, 2.05) is 23.5 Å². The van der Waals surface area contributed by atoms with Crippen LogP contribution in [0.4, 0.5) is 17.1 Å². The van der Waals surface area contributed by atoms with Crippen molar-refractivity contribution in [1.82, 2.24) is 0 Å². The standard InChI is InChI=1S/C54H33NO2S/c1-3-15-34(16-4-1)36-19-13-20-37(31-36)51-52-42-23-8-11-27-47(42)56-49(52)33-44-43-32-38(29-30-48(43)57-53(44)51)55(45-25-10-7-21-39(45)35-17-5-2-6-18-35)46-26-14-24-41-40-22-9-12-28-50(40)58-54(41)46/h1-33H. The maximum Gasteiger partial charge on any atom is 0.144 e. The lowest BCUT2D eigenvalue weighted by Crippen LogP contribution is -2.11. The Kier molecular flexibility index (Phi) is 7.40. The molecule has 272 valence electrons. The van der Waals surface area contributed by atoms with Crippen LogP contribution in [0, 0.1) is 0 Å². The van der Waals surface area contributed by atoms with Crippen LogP contribution in [0.3, 0.4) is 0 Å². The van der Waals surface area contributed by atoms with Crippen LogP contribution < -0.4 is 4.90 Å². The Morgan fingerprint density at radius 3 is 1.91 bits per heavy atom. The summed E-state index contributed by atoms with van der Waals surface area (Å²) in [5.74, 6) is 0. The molecule has 0 saturated heterocycles. The molecule has 9 aromatic carbocycles. The van der Waals surface area contributed by atoms with E-state index in [-0.39, 0.29) is 0 Å². The molecule has 0 radical (unpaired) electrons. The third-order valence-electron chi connectivity index (χ3n) is 11.5. The van der Waals surface area contributed by atoms with Gasteiger partial charge in [0.05, 0.1) is 16.1 Å². The monoisotopic (exact) mass is 759 g/mol. The molecule has 3 heterocycles. The first-order valence-corrected chi connectivity index (χ1v) is 20.4. The molecule has 58 heavy (non-hydrogen) atoms. The Hall–Kier alpha value is -7.40. The second kappa shape index (κ2) is 13.1. The average Bonchev–Trinajstić information content (AvgIpc) is 3.98. The molecule has 0 fully saturated rings. The highest BCUT2D eigenvalue weighted by atomic mass is 32.1. The van der Waals surface area contributed by atoms with Gasteiger partial charge in [0.15, 0.2) is 0 Å². The molecule has 0 atom stereocenters. The van der Waals surface area contributed by atoms with E-state index in [0.29, 0.717) is 0 Å². The van der Waals surface area contributed by atoms with Gasteiger partial charge in [-0.1, -0.05) is 146 Å². The highest BCUT2D eigenvalue weighted by molar-refractivity contribution is 7.26. The molecule has 3 aromatic heterocycles. The third kappa shape index (κ3) is 5.12. The van der Waals surface area contributed by atoms with Crippen molar-refractivity contribution >= 4 is 92.4 Å². The normalized spacial score (nSPS) is 11.8. The minimum absolute atomic E-state index is 0.826. The lowest BCUT2D eigenvalue weighted by atomic mass is 9.94. The van der Waals surface area contributed by atoms with E-state index in [0.717, 1.165) is 88.8 Å². The fraction of sp³-hybridized carbons (Fsp3) is 0. The molecule has 4 heteroatoms. The van der Waals surface area contributed by atoms with Crippen LogP contribution in [0.1, 0.15) is 0 Å². The van der Waals surface area contributed by atoms with E-state index in [4.69, 9.17) is 8.83 Å². The van der Waals surface area contributed by atoms with Gasteiger partial charge in [0.2, 0.25) is 0 Å². The van der Waals surface area contributed by atoms with Gasteiger partial charge in [-0.2, -0.15) is 0 Å². The van der Waals surface area contributed by atoms with Gasteiger partial charge < -0.3 is 13.7 Å². The molecule has 0 spiro atoms. The van der Waals surface area contributed by atoms with E-state index in [1.165, 1.54) is 25.7 Å². The smallest absolute Gasteiger partial charge is 0.144 e. The van der Waals surface area contributed by atoms with Crippen molar-refractivity contribution in [3.63, 3.8) is 0 Å². The highest BCUT2D eigenvalue weighted by Gasteiger charge is 2.25. The van der Waals surface area contributed by atoms with Crippen molar-refractivity contribution in [2.75, 3.05) is 4.90 Å². The number of rotatable bonds is 6. The molecule has 0 N–H and O–H groups in total. The Balaban J connectivity index is 1.14. The molecule has 0 aliphatic heterocycles. The van der Waals surface area contributed by atoms with Crippen molar-refractivity contribution in [2.24, 2.45) is 0 Å². The van der Waals surface area contributed by atoms with Gasteiger partial charge in [-0.3, -0.25) is 0 Å². The lowest BCUT2D eigenvalue weighted by molar-refractivity contribution is 0.664. The summed E-state index contributed by atoms with van der Waals surface area (Å²) in [6.07, 6.45) is 0. The SMILES string of the molecule is c1ccc(-c2cccc(-c3c4oc5ccc(N(c6ccccc6-c6ccccc6)c6cccc7c6sc6ccccc67)cc5c4cc4oc5ccccc5c34)c2)cc1. The number of anilines is 3. The fourth-order valence-corrected chi connectivity index (χ4v) is 10.1. The van der Waals surface area contributed by atoms with Crippen LogP contribution in [0.5, 0.6) is 0 Å². The molecular weight excluding hydrogens is 727 g/mol. The first-order valence-electron chi connectivity index (χ1n) is 19.6. The zero-order chi connectivity index (χ0) is 38.2. The molecule has 0 amide bonds. The molecule has 12 aromatic rings. The summed E-state index contributed by atoms with van der Waals surface area (Å²) in [6, 6.07) is 71.3. The Morgan fingerprint density at radius 1 is 0.379 bits per heavy atom. The summed E-state index contributed by atoms with van der Waals surface area (Å²) in [4.78, 5) is 2.43. The van der Waals surface area contributed by atoms with Gasteiger partial charge in [0.25, 0.3) is 0 Å². The number of para-hydroxylation sites is 2. The molecule has 0 aliphatic rings. The van der Waals surface area contributed by atoms with Crippen LogP contribution in [-0.4, -0.2) is 0 Å². The minimum atomic E-state index is 0.826. The lowest BCUT2D eigenvalue weighted by Gasteiger charge is -2.28. The third-order valence-corrected chi connectivity index (χ3v) is 12.7. The first kappa shape index (κ1) is 32.8. The maximum absolute atomic E-state index is 7.00. The fourth-order valence-electron chi connectivity index (χ4n) is 8.85. The van der Waals surface area contributed by atoms with Crippen LogP contribution in [0.2, 0.25) is 0 Å². The summed E-state index contributed by atoms with van der Waals surface area (Å²) in [7, 11) is 0. The number of hydrogen-bond acceptors (Lipinski definition) is 4. The van der Waals surface area contributed by atoms with Crippen LogP contribution in [0.25, 0.3) is 97.4 Å². The van der Waals surface area contributed by atoms with Gasteiger partial charge in [-0.25, -0.2) is 0 Å². The van der Waals surface area contributed by atoms with Crippen molar-refractivity contribution in [1.29, 1.82) is 0 Å². The second-order valence-electron chi connectivity index (χ2n) is 14.8. The number of thiophene rings is 1. The van der Waals surface area contributed by atoms with Gasteiger partial charge in [0.1, 0.15) is 22.3 Å². The molecule has 0 bridgehead atoms. The van der Waals surface area contributed by atoms with Crippen LogP contribution in [0.15, 0.2) is 209 Å². The summed E-state index contributed by atoms with van der Waals surface area (Å²) >= 11 is 1.85. The van der Waals surface area contributed by atoms with Crippen LogP contribution in [-0.2, 0) is 0 Å². The molecule has 0 unspecified atom stereocenters. The highest BCUT2D eigenvalue weighted by Crippen LogP contribution is 2.50. The van der Waals surface area contributed by atoms with Crippen molar-refractivity contribution in [3.8, 4) is 33.4 Å². The number of hydrogen-bond donors (Lipinski definition) is 0. The summed E-state index contributed by atoms with van der Waals surface area (Å²) in [5.41, 5.74) is 13.4. The number of furan rings is 2. The van der Waals surface area contributed by atoms with E-state index in [1.54, 1.807) is 0 Å². The summed E-state index contributed by atoms with van der Waals surface area (Å²) in [5, 5.41) is 6.70. The number of fused-ring (bicyclic) bond motifs is 9. The van der Waals surface area contributed by atoms with E-state index < -0.39 is 0 Å². The summed E-state index contributed by atoms with van der Waals surface area (Å²) in [6.45, 7) is 0. The van der Waals surface area contributed by atoms with E-state index in [9.17, 15) is 0 Å². The predicted molar refractivity (Wildman–Crippen MR) is 245 cm³/mol. The second-order valence-corrected chi connectivity index (χ2v) is 15.9. The number of nitrogens with zero attached hydrogens (tertiary/aromatic N) is 1.